The summed E-state index contributed by atoms with van der Waals surface area (Å²) >= 11 is 3.41. The number of nitrogens with zero attached hydrogens (tertiary/aromatic N) is 2. The van der Waals surface area contributed by atoms with Gasteiger partial charge in [-0.2, -0.15) is 0 Å². The molecule has 4 heteroatoms. The molecule has 0 spiro atoms. The predicted octanol–water partition coefficient (Wildman–Crippen LogP) is 1.81. The first-order chi connectivity index (χ1) is 7.27. The van der Waals surface area contributed by atoms with Crippen LogP contribution in [-0.2, 0) is 0 Å². The molecule has 0 unspecified atom stereocenters. The fraction of sp³-hybridized carbons (Fsp3) is 0.545. The fourth-order valence-electron chi connectivity index (χ4n) is 1.91. The number of rotatable bonds is 2. The van der Waals surface area contributed by atoms with Gasteiger partial charge < -0.3 is 5.32 Å². The molecule has 3 nitrogen and oxygen atoms in total. The topological polar surface area (TPSA) is 28.2 Å². The maximum atomic E-state index is 4.50. The summed E-state index contributed by atoms with van der Waals surface area (Å²) in [6.07, 6.45) is 0. The van der Waals surface area contributed by atoms with Crippen molar-refractivity contribution in [3.63, 3.8) is 0 Å². The molecule has 15 heavy (non-hydrogen) atoms. The van der Waals surface area contributed by atoms with Gasteiger partial charge in [0.2, 0.25) is 0 Å². The molecular weight excluding hydrogens is 254 g/mol. The van der Waals surface area contributed by atoms with Crippen LogP contribution in [-0.4, -0.2) is 36.1 Å². The van der Waals surface area contributed by atoms with Gasteiger partial charge in [-0.15, -0.1) is 0 Å². The highest BCUT2D eigenvalue weighted by molar-refractivity contribution is 9.10. The van der Waals surface area contributed by atoms with Crippen molar-refractivity contribution in [2.24, 2.45) is 0 Å². The van der Waals surface area contributed by atoms with E-state index in [0.29, 0.717) is 6.04 Å². The lowest BCUT2D eigenvalue weighted by Crippen LogP contribution is -2.44. The van der Waals surface area contributed by atoms with E-state index in [1.165, 1.54) is 0 Å². The third-order valence-electron chi connectivity index (χ3n) is 2.86. The zero-order valence-electron chi connectivity index (χ0n) is 8.91. The summed E-state index contributed by atoms with van der Waals surface area (Å²) in [6, 6.07) is 6.51. The number of hydrogen-bond donors (Lipinski definition) is 1. The summed E-state index contributed by atoms with van der Waals surface area (Å²) in [5.74, 6) is 0. The Kier molecular flexibility index (Phi) is 3.72. The Labute approximate surface area is 99.0 Å². The highest BCUT2D eigenvalue weighted by Gasteiger charge is 2.18. The van der Waals surface area contributed by atoms with Crippen LogP contribution in [0.2, 0.25) is 0 Å². The number of piperazine rings is 1. The number of pyridine rings is 1. The third kappa shape index (κ3) is 2.77. The van der Waals surface area contributed by atoms with Gasteiger partial charge in [0.1, 0.15) is 4.60 Å². The van der Waals surface area contributed by atoms with Crippen LogP contribution in [0, 0.1) is 0 Å². The van der Waals surface area contributed by atoms with Gasteiger partial charge in [0, 0.05) is 32.2 Å². The Hall–Kier alpha value is -0.450. The lowest BCUT2D eigenvalue weighted by atomic mass is 10.1. The highest BCUT2D eigenvalue weighted by atomic mass is 79.9. The summed E-state index contributed by atoms with van der Waals surface area (Å²) in [7, 11) is 0. The Balaban J connectivity index is 2.08. The SMILES string of the molecule is C[C@H](c1cccc(Br)n1)N1CCNCC1. The Morgan fingerprint density at radius 2 is 2.13 bits per heavy atom. The van der Waals surface area contributed by atoms with Gasteiger partial charge in [0.15, 0.2) is 0 Å². The molecule has 1 saturated heterocycles. The van der Waals surface area contributed by atoms with E-state index in [1.54, 1.807) is 0 Å². The van der Waals surface area contributed by atoms with Gasteiger partial charge in [-0.05, 0) is 35.0 Å². The average molecular weight is 270 g/mol. The maximum absolute atomic E-state index is 4.50. The molecule has 0 amide bonds. The smallest absolute Gasteiger partial charge is 0.106 e. The van der Waals surface area contributed by atoms with E-state index in [2.05, 4.69) is 44.1 Å². The molecule has 0 radical (unpaired) electrons. The molecule has 1 atom stereocenters. The molecule has 1 aliphatic rings. The van der Waals surface area contributed by atoms with E-state index >= 15 is 0 Å². The normalized spacial score (nSPS) is 20.1. The highest BCUT2D eigenvalue weighted by Crippen LogP contribution is 2.19. The van der Waals surface area contributed by atoms with Crippen molar-refractivity contribution in [1.82, 2.24) is 15.2 Å². The van der Waals surface area contributed by atoms with Crippen molar-refractivity contribution in [2.75, 3.05) is 26.2 Å². The minimum Gasteiger partial charge on any atom is -0.314 e. The van der Waals surface area contributed by atoms with E-state index in [4.69, 9.17) is 0 Å². The Morgan fingerprint density at radius 1 is 1.40 bits per heavy atom. The van der Waals surface area contributed by atoms with E-state index in [-0.39, 0.29) is 0 Å². The minimum absolute atomic E-state index is 0.407. The lowest BCUT2D eigenvalue weighted by molar-refractivity contribution is 0.182. The van der Waals surface area contributed by atoms with Crippen molar-refractivity contribution in [2.45, 2.75) is 13.0 Å². The van der Waals surface area contributed by atoms with Crippen LogP contribution in [0.3, 0.4) is 0 Å². The number of aromatic nitrogens is 1. The van der Waals surface area contributed by atoms with Gasteiger partial charge in [-0.25, -0.2) is 4.98 Å². The van der Waals surface area contributed by atoms with Gasteiger partial charge in [-0.3, -0.25) is 4.90 Å². The molecule has 82 valence electrons. The first kappa shape index (κ1) is 11.0. The molecule has 2 rings (SSSR count). The molecule has 0 aliphatic carbocycles. The van der Waals surface area contributed by atoms with Gasteiger partial charge in [0.25, 0.3) is 0 Å². The van der Waals surface area contributed by atoms with Crippen molar-refractivity contribution in [1.29, 1.82) is 0 Å². The molecular formula is C11H16BrN3. The van der Waals surface area contributed by atoms with Gasteiger partial charge in [0.05, 0.1) is 5.69 Å². The van der Waals surface area contributed by atoms with Crippen molar-refractivity contribution < 1.29 is 0 Å². The number of nitrogens with one attached hydrogen (secondary N) is 1. The molecule has 1 N–H and O–H groups in total. The van der Waals surface area contributed by atoms with Crippen LogP contribution in [0.1, 0.15) is 18.7 Å². The summed E-state index contributed by atoms with van der Waals surface area (Å²) in [5, 5.41) is 3.36. The molecule has 0 bridgehead atoms. The lowest BCUT2D eigenvalue weighted by Gasteiger charge is -2.32. The average Bonchev–Trinajstić information content (AvgIpc) is 2.29. The summed E-state index contributed by atoms with van der Waals surface area (Å²) < 4.78 is 0.919. The Bertz CT molecular complexity index is 323. The Morgan fingerprint density at radius 3 is 2.80 bits per heavy atom. The van der Waals surface area contributed by atoms with Crippen LogP contribution >= 0.6 is 15.9 Å². The second-order valence-electron chi connectivity index (χ2n) is 3.85. The van der Waals surface area contributed by atoms with E-state index in [9.17, 15) is 0 Å². The van der Waals surface area contributed by atoms with Crippen molar-refractivity contribution >= 4 is 15.9 Å². The molecule has 1 aliphatic heterocycles. The van der Waals surface area contributed by atoms with E-state index in [1.807, 2.05) is 12.1 Å². The maximum Gasteiger partial charge on any atom is 0.106 e. The number of halogens is 1. The first-order valence-corrected chi connectivity index (χ1v) is 6.14. The van der Waals surface area contributed by atoms with Gasteiger partial charge in [-0.1, -0.05) is 6.07 Å². The van der Waals surface area contributed by atoms with Crippen LogP contribution < -0.4 is 5.32 Å². The molecule has 0 aromatic carbocycles. The summed E-state index contributed by atoms with van der Waals surface area (Å²) in [4.78, 5) is 6.97. The first-order valence-electron chi connectivity index (χ1n) is 5.34. The standard InChI is InChI=1S/C11H16BrN3/c1-9(15-7-5-13-6-8-15)10-3-2-4-11(12)14-10/h2-4,9,13H,5-8H2,1H3/t9-/m1/s1. The van der Waals surface area contributed by atoms with Crippen molar-refractivity contribution in [3.05, 3.63) is 28.5 Å². The predicted molar refractivity (Wildman–Crippen MR) is 64.8 cm³/mol. The quantitative estimate of drug-likeness (QED) is 0.831. The van der Waals surface area contributed by atoms with E-state index < -0.39 is 0 Å². The number of hydrogen-bond acceptors (Lipinski definition) is 3. The minimum atomic E-state index is 0.407. The largest absolute Gasteiger partial charge is 0.314 e. The van der Waals surface area contributed by atoms with Crippen LogP contribution in [0.4, 0.5) is 0 Å². The molecule has 1 fully saturated rings. The van der Waals surface area contributed by atoms with E-state index in [0.717, 1.165) is 36.5 Å². The molecule has 1 aromatic heterocycles. The fourth-order valence-corrected chi connectivity index (χ4v) is 2.27. The third-order valence-corrected chi connectivity index (χ3v) is 3.31. The monoisotopic (exact) mass is 269 g/mol. The van der Waals surface area contributed by atoms with Crippen LogP contribution in [0.25, 0.3) is 0 Å². The zero-order valence-corrected chi connectivity index (χ0v) is 10.5. The summed E-state index contributed by atoms with van der Waals surface area (Å²) in [6.45, 7) is 6.60. The second kappa shape index (κ2) is 5.05. The second-order valence-corrected chi connectivity index (χ2v) is 4.66. The van der Waals surface area contributed by atoms with Crippen molar-refractivity contribution in [3.8, 4) is 0 Å². The van der Waals surface area contributed by atoms with Crippen LogP contribution in [0.15, 0.2) is 22.8 Å². The van der Waals surface area contributed by atoms with Gasteiger partial charge >= 0.3 is 0 Å². The molecule has 0 saturated carbocycles. The zero-order chi connectivity index (χ0) is 10.7. The summed E-state index contributed by atoms with van der Waals surface area (Å²) in [5.41, 5.74) is 1.14. The molecule has 2 heterocycles. The molecule has 1 aromatic rings. The van der Waals surface area contributed by atoms with Crippen LogP contribution in [0.5, 0.6) is 0 Å².